The Kier molecular flexibility index (Phi) is 5.06. The number of halogens is 1. The Morgan fingerprint density at radius 2 is 1.90 bits per heavy atom. The van der Waals surface area contributed by atoms with Gasteiger partial charge in [0, 0.05) is 18.6 Å². The Morgan fingerprint density at radius 3 is 2.45 bits per heavy atom. The Bertz CT molecular complexity index is 452. The fraction of sp³-hybridized carbons (Fsp3) is 0.562. The van der Waals surface area contributed by atoms with Gasteiger partial charge >= 0.3 is 0 Å². The lowest BCUT2D eigenvalue weighted by atomic mass is 9.75. The topological polar surface area (TPSA) is 32.3 Å². The Balaban J connectivity index is 2.05. The van der Waals surface area contributed by atoms with Crippen molar-refractivity contribution in [2.45, 2.75) is 32.7 Å². The number of hydrogen-bond acceptors (Lipinski definition) is 2. The maximum absolute atomic E-state index is 12.8. The molecule has 0 saturated carbocycles. The molecule has 1 amide bonds. The molecule has 4 heteroatoms. The number of piperidine rings is 1. The second-order valence-corrected chi connectivity index (χ2v) is 6.11. The molecule has 3 nitrogen and oxygen atoms in total. The van der Waals surface area contributed by atoms with Gasteiger partial charge in [-0.15, -0.1) is 0 Å². The predicted molar refractivity (Wildman–Crippen MR) is 82.8 cm³/mol. The van der Waals surface area contributed by atoms with E-state index in [-0.39, 0.29) is 11.3 Å². The average molecular weight is 295 g/mol. The second-order valence-electron chi connectivity index (χ2n) is 5.67. The summed E-state index contributed by atoms with van der Waals surface area (Å²) in [5.41, 5.74) is 0.942. The number of rotatable bonds is 4. The van der Waals surface area contributed by atoms with Crippen molar-refractivity contribution >= 4 is 17.5 Å². The molecule has 0 aromatic heterocycles. The van der Waals surface area contributed by atoms with E-state index in [0.29, 0.717) is 6.54 Å². The number of nitrogens with one attached hydrogen (secondary N) is 1. The summed E-state index contributed by atoms with van der Waals surface area (Å²) in [6.45, 7) is 4.65. The third kappa shape index (κ3) is 3.33. The third-order valence-electron chi connectivity index (χ3n) is 4.37. The molecule has 0 radical (unpaired) electrons. The highest BCUT2D eigenvalue weighted by molar-refractivity contribution is 6.30. The van der Waals surface area contributed by atoms with Gasteiger partial charge in [-0.1, -0.05) is 30.7 Å². The van der Waals surface area contributed by atoms with Gasteiger partial charge in [0.15, 0.2) is 0 Å². The van der Waals surface area contributed by atoms with Crippen LogP contribution in [0, 0.1) is 5.41 Å². The van der Waals surface area contributed by atoms with Crippen molar-refractivity contribution in [2.75, 3.05) is 20.1 Å². The molecule has 1 aromatic carbocycles. The van der Waals surface area contributed by atoms with Crippen molar-refractivity contribution in [1.29, 1.82) is 0 Å². The number of carbonyl (C=O) groups excluding carboxylic acids is 1. The molecule has 2 rings (SSSR count). The summed E-state index contributed by atoms with van der Waals surface area (Å²) >= 11 is 5.89. The van der Waals surface area contributed by atoms with Crippen LogP contribution in [0.3, 0.4) is 0 Å². The van der Waals surface area contributed by atoms with Crippen LogP contribution in [0.4, 0.5) is 0 Å². The molecule has 1 aliphatic rings. The van der Waals surface area contributed by atoms with Crippen molar-refractivity contribution in [3.63, 3.8) is 0 Å². The van der Waals surface area contributed by atoms with Gasteiger partial charge in [0.25, 0.3) is 0 Å². The minimum absolute atomic E-state index is 0.174. The van der Waals surface area contributed by atoms with Crippen LogP contribution < -0.4 is 5.32 Å². The molecule has 0 spiro atoms. The molecule has 1 aromatic rings. The number of nitrogens with zero attached hydrogens (tertiary/aromatic N) is 1. The van der Waals surface area contributed by atoms with E-state index < -0.39 is 0 Å². The van der Waals surface area contributed by atoms with Crippen LogP contribution in [0.2, 0.25) is 5.02 Å². The van der Waals surface area contributed by atoms with Gasteiger partial charge in [0.2, 0.25) is 5.91 Å². The largest absolute Gasteiger partial charge is 0.341 e. The molecular weight excluding hydrogens is 272 g/mol. The highest BCUT2D eigenvalue weighted by atomic mass is 35.5. The summed E-state index contributed by atoms with van der Waals surface area (Å²) in [5, 5.41) is 4.07. The molecule has 1 N–H and O–H groups in total. The molecule has 0 bridgehead atoms. The summed E-state index contributed by atoms with van der Waals surface area (Å²) in [4.78, 5) is 14.7. The first-order chi connectivity index (χ1) is 9.57. The lowest BCUT2D eigenvalue weighted by Crippen LogP contribution is -2.47. The van der Waals surface area contributed by atoms with Gasteiger partial charge in [-0.25, -0.2) is 0 Å². The quantitative estimate of drug-likeness (QED) is 0.925. The lowest BCUT2D eigenvalue weighted by Gasteiger charge is -2.38. The molecule has 110 valence electrons. The number of benzene rings is 1. The van der Waals surface area contributed by atoms with E-state index in [9.17, 15) is 4.79 Å². The van der Waals surface area contributed by atoms with Gasteiger partial charge in [0.05, 0.1) is 5.41 Å². The van der Waals surface area contributed by atoms with Crippen LogP contribution in [0.5, 0.6) is 0 Å². The number of hydrogen-bond donors (Lipinski definition) is 1. The fourth-order valence-electron chi connectivity index (χ4n) is 2.96. The summed E-state index contributed by atoms with van der Waals surface area (Å²) in [6.07, 6.45) is 2.79. The molecule has 1 aliphatic heterocycles. The average Bonchev–Trinajstić information content (AvgIpc) is 2.49. The first-order valence-electron chi connectivity index (χ1n) is 7.28. The van der Waals surface area contributed by atoms with E-state index in [4.69, 9.17) is 11.6 Å². The highest BCUT2D eigenvalue weighted by Crippen LogP contribution is 2.34. The van der Waals surface area contributed by atoms with Crippen molar-refractivity contribution in [3.05, 3.63) is 34.9 Å². The van der Waals surface area contributed by atoms with E-state index in [1.165, 1.54) is 0 Å². The van der Waals surface area contributed by atoms with Crippen molar-refractivity contribution in [3.8, 4) is 0 Å². The molecule has 20 heavy (non-hydrogen) atoms. The summed E-state index contributed by atoms with van der Waals surface area (Å²) < 4.78 is 0. The number of amides is 1. The van der Waals surface area contributed by atoms with Crippen LogP contribution in [-0.4, -0.2) is 30.9 Å². The molecular formula is C16H23ClN2O. The first-order valence-corrected chi connectivity index (χ1v) is 7.66. The number of carbonyl (C=O) groups is 1. The zero-order valence-electron chi connectivity index (χ0n) is 12.3. The maximum atomic E-state index is 12.8. The van der Waals surface area contributed by atoms with E-state index in [0.717, 1.165) is 42.9 Å². The van der Waals surface area contributed by atoms with Gasteiger partial charge < -0.3 is 10.2 Å². The van der Waals surface area contributed by atoms with E-state index in [1.54, 1.807) is 0 Å². The third-order valence-corrected chi connectivity index (χ3v) is 4.62. The summed E-state index contributed by atoms with van der Waals surface area (Å²) in [7, 11) is 1.90. The Hall–Kier alpha value is -1.06. The zero-order valence-corrected chi connectivity index (χ0v) is 13.0. The first kappa shape index (κ1) is 15.3. The molecule has 1 fully saturated rings. The van der Waals surface area contributed by atoms with Crippen LogP contribution >= 0.6 is 11.6 Å². The maximum Gasteiger partial charge on any atom is 0.228 e. The van der Waals surface area contributed by atoms with Crippen LogP contribution in [0.25, 0.3) is 0 Å². The Morgan fingerprint density at radius 1 is 1.30 bits per heavy atom. The summed E-state index contributed by atoms with van der Waals surface area (Å²) in [6, 6.07) is 7.70. The second kappa shape index (κ2) is 6.59. The highest BCUT2D eigenvalue weighted by Gasteiger charge is 2.39. The van der Waals surface area contributed by atoms with Crippen LogP contribution in [0.15, 0.2) is 24.3 Å². The SMILES string of the molecule is CCC1(C(=O)N(C)Cc2ccc(Cl)cc2)CCNCC1. The van der Waals surface area contributed by atoms with E-state index in [2.05, 4.69) is 12.2 Å². The minimum atomic E-state index is -0.174. The van der Waals surface area contributed by atoms with Crippen LogP contribution in [0.1, 0.15) is 31.7 Å². The van der Waals surface area contributed by atoms with E-state index in [1.807, 2.05) is 36.2 Å². The van der Waals surface area contributed by atoms with Gasteiger partial charge in [-0.05, 0) is 50.0 Å². The van der Waals surface area contributed by atoms with Gasteiger partial charge in [-0.3, -0.25) is 4.79 Å². The monoisotopic (exact) mass is 294 g/mol. The molecule has 0 unspecified atom stereocenters. The fourth-order valence-corrected chi connectivity index (χ4v) is 3.09. The molecule has 0 aliphatic carbocycles. The van der Waals surface area contributed by atoms with Crippen molar-refractivity contribution in [1.82, 2.24) is 10.2 Å². The van der Waals surface area contributed by atoms with E-state index >= 15 is 0 Å². The normalized spacial score (nSPS) is 17.8. The minimum Gasteiger partial charge on any atom is -0.341 e. The molecule has 0 atom stereocenters. The molecule has 1 saturated heterocycles. The van der Waals surface area contributed by atoms with Crippen molar-refractivity contribution in [2.24, 2.45) is 5.41 Å². The van der Waals surface area contributed by atoms with Gasteiger partial charge in [-0.2, -0.15) is 0 Å². The standard InChI is InChI=1S/C16H23ClN2O/c1-3-16(8-10-18-11-9-16)15(20)19(2)12-13-4-6-14(17)7-5-13/h4-7,18H,3,8-12H2,1-2H3. The predicted octanol–water partition coefficient (Wildman–Crippen LogP) is 3.08. The Labute approximate surface area is 126 Å². The summed E-state index contributed by atoms with van der Waals surface area (Å²) in [5.74, 6) is 0.274. The van der Waals surface area contributed by atoms with Gasteiger partial charge in [0.1, 0.15) is 0 Å². The zero-order chi connectivity index (χ0) is 14.6. The van der Waals surface area contributed by atoms with Crippen molar-refractivity contribution < 1.29 is 4.79 Å². The molecule has 1 heterocycles. The lowest BCUT2D eigenvalue weighted by molar-refractivity contribution is -0.143. The smallest absolute Gasteiger partial charge is 0.228 e. The van der Waals surface area contributed by atoms with Crippen LogP contribution in [-0.2, 0) is 11.3 Å².